The highest BCUT2D eigenvalue weighted by atomic mass is 19.1. The molecule has 1 aliphatic rings. The molecule has 0 radical (unpaired) electrons. The van der Waals surface area contributed by atoms with Crippen molar-refractivity contribution in [2.45, 2.75) is 25.7 Å². The van der Waals surface area contributed by atoms with Crippen LogP contribution in [0, 0.1) is 17.2 Å². The third-order valence-corrected chi connectivity index (χ3v) is 4.52. The fourth-order valence-corrected chi connectivity index (χ4v) is 3.32. The summed E-state index contributed by atoms with van der Waals surface area (Å²) in [5.41, 5.74) is -1.08. The number of hydrogen-bond acceptors (Lipinski definition) is 5. The molecule has 0 N–H and O–H groups in total. The number of ether oxygens (including phenoxy) is 2. The van der Waals surface area contributed by atoms with Gasteiger partial charge in [-0.15, -0.1) is 0 Å². The van der Waals surface area contributed by atoms with E-state index in [0.29, 0.717) is 24.8 Å². The third kappa shape index (κ3) is 3.11. The normalized spacial score (nSPS) is 19.2. The molecule has 0 aliphatic heterocycles. The van der Waals surface area contributed by atoms with Gasteiger partial charge in [-0.2, -0.15) is 0 Å². The Morgan fingerprint density at radius 3 is 2.22 bits per heavy atom. The van der Waals surface area contributed by atoms with E-state index in [4.69, 9.17) is 9.47 Å². The van der Waals surface area contributed by atoms with E-state index in [-0.39, 0.29) is 12.2 Å². The fraction of sp³-hybridized carbons (Fsp3) is 0.471. The fourth-order valence-electron chi connectivity index (χ4n) is 3.32. The molecule has 124 valence electrons. The van der Waals surface area contributed by atoms with Gasteiger partial charge in [-0.05, 0) is 43.0 Å². The minimum atomic E-state index is -1.43. The van der Waals surface area contributed by atoms with Crippen LogP contribution in [0.4, 0.5) is 4.39 Å². The van der Waals surface area contributed by atoms with Gasteiger partial charge < -0.3 is 9.47 Å². The number of esters is 2. The van der Waals surface area contributed by atoms with E-state index in [1.807, 2.05) is 0 Å². The van der Waals surface area contributed by atoms with E-state index in [9.17, 15) is 18.8 Å². The summed E-state index contributed by atoms with van der Waals surface area (Å²) in [6.07, 6.45) is 1.49. The van der Waals surface area contributed by atoms with Crippen LogP contribution in [-0.2, 0) is 19.1 Å². The number of rotatable bonds is 5. The SMILES string of the molecule is COC(=O)C1(C(=O)OC)CCC[C@H]1CC(=O)c1ccc(F)cc1. The summed E-state index contributed by atoms with van der Waals surface area (Å²) >= 11 is 0. The van der Waals surface area contributed by atoms with Crippen molar-refractivity contribution in [3.63, 3.8) is 0 Å². The molecule has 0 spiro atoms. The number of carbonyl (C=O) groups excluding carboxylic acids is 3. The Hall–Kier alpha value is -2.24. The molecular formula is C17H19FO5. The van der Waals surface area contributed by atoms with Crippen LogP contribution in [0.3, 0.4) is 0 Å². The average Bonchev–Trinajstić information content (AvgIpc) is 2.98. The molecule has 1 saturated carbocycles. The van der Waals surface area contributed by atoms with Gasteiger partial charge in [0, 0.05) is 12.0 Å². The van der Waals surface area contributed by atoms with Gasteiger partial charge in [-0.3, -0.25) is 14.4 Å². The van der Waals surface area contributed by atoms with Crippen LogP contribution in [0.25, 0.3) is 0 Å². The predicted octanol–water partition coefficient (Wildman–Crippen LogP) is 2.53. The third-order valence-electron chi connectivity index (χ3n) is 4.52. The molecule has 0 heterocycles. The van der Waals surface area contributed by atoms with E-state index in [0.717, 1.165) is 0 Å². The van der Waals surface area contributed by atoms with Gasteiger partial charge in [0.25, 0.3) is 0 Å². The van der Waals surface area contributed by atoms with Gasteiger partial charge in [-0.1, -0.05) is 6.42 Å². The lowest BCUT2D eigenvalue weighted by Gasteiger charge is -2.29. The van der Waals surface area contributed by atoms with Crippen molar-refractivity contribution in [1.82, 2.24) is 0 Å². The van der Waals surface area contributed by atoms with E-state index in [1.54, 1.807) is 0 Å². The van der Waals surface area contributed by atoms with Gasteiger partial charge in [0.15, 0.2) is 11.2 Å². The maximum Gasteiger partial charge on any atom is 0.323 e. The summed E-state index contributed by atoms with van der Waals surface area (Å²) in [5, 5.41) is 0. The molecule has 1 aromatic carbocycles. The standard InChI is InChI=1S/C17H19FO5/c1-22-15(20)17(16(21)23-2)9-3-4-12(17)10-14(19)11-5-7-13(18)8-6-11/h5-8,12H,3-4,9-10H2,1-2H3/t12-/m0/s1. The summed E-state index contributed by atoms with van der Waals surface area (Å²) in [5.74, 6) is -2.49. The van der Waals surface area contributed by atoms with Crippen LogP contribution >= 0.6 is 0 Å². The monoisotopic (exact) mass is 322 g/mol. The summed E-state index contributed by atoms with van der Waals surface area (Å²) in [6.45, 7) is 0. The molecule has 1 aliphatic carbocycles. The van der Waals surface area contributed by atoms with Crippen molar-refractivity contribution in [3.8, 4) is 0 Å². The molecule has 1 fully saturated rings. The first-order valence-corrected chi connectivity index (χ1v) is 7.41. The zero-order valence-corrected chi connectivity index (χ0v) is 13.1. The van der Waals surface area contributed by atoms with Crippen LogP contribution in [0.2, 0.25) is 0 Å². The predicted molar refractivity (Wildman–Crippen MR) is 79.2 cm³/mol. The van der Waals surface area contributed by atoms with Crippen LogP contribution in [0.5, 0.6) is 0 Å². The zero-order chi connectivity index (χ0) is 17.0. The van der Waals surface area contributed by atoms with Crippen LogP contribution in [0.15, 0.2) is 24.3 Å². The smallest absolute Gasteiger partial charge is 0.323 e. The van der Waals surface area contributed by atoms with Gasteiger partial charge in [0.05, 0.1) is 14.2 Å². The van der Waals surface area contributed by atoms with Crippen molar-refractivity contribution in [2.24, 2.45) is 11.3 Å². The molecule has 1 atom stereocenters. The summed E-state index contributed by atoms with van der Waals surface area (Å²) < 4.78 is 22.5. The van der Waals surface area contributed by atoms with Crippen molar-refractivity contribution in [2.75, 3.05) is 14.2 Å². The van der Waals surface area contributed by atoms with Gasteiger partial charge in [0.1, 0.15) is 5.82 Å². The van der Waals surface area contributed by atoms with Crippen molar-refractivity contribution in [3.05, 3.63) is 35.6 Å². The molecule has 5 nitrogen and oxygen atoms in total. The van der Waals surface area contributed by atoms with E-state index in [2.05, 4.69) is 0 Å². The first-order chi connectivity index (χ1) is 11.0. The maximum atomic E-state index is 12.9. The molecule has 1 aromatic rings. The lowest BCUT2D eigenvalue weighted by Crippen LogP contribution is -2.44. The van der Waals surface area contributed by atoms with E-state index < -0.39 is 29.1 Å². The zero-order valence-electron chi connectivity index (χ0n) is 13.1. The lowest BCUT2D eigenvalue weighted by atomic mass is 9.75. The molecule has 6 heteroatoms. The highest BCUT2D eigenvalue weighted by molar-refractivity contribution is 6.02. The second kappa shape index (κ2) is 6.89. The Kier molecular flexibility index (Phi) is 5.13. The number of carbonyl (C=O) groups is 3. The second-order valence-electron chi connectivity index (χ2n) is 5.68. The quantitative estimate of drug-likeness (QED) is 0.473. The number of hydrogen-bond donors (Lipinski definition) is 0. The van der Waals surface area contributed by atoms with E-state index >= 15 is 0 Å². The van der Waals surface area contributed by atoms with Gasteiger partial charge in [0.2, 0.25) is 0 Å². The second-order valence-corrected chi connectivity index (χ2v) is 5.68. The maximum absolute atomic E-state index is 12.9. The minimum absolute atomic E-state index is 0.00975. The highest BCUT2D eigenvalue weighted by Gasteiger charge is 2.57. The number of Topliss-reactive ketones (excluding diaryl/α,β-unsaturated/α-hetero) is 1. The number of ketones is 1. The first kappa shape index (κ1) is 17.1. The first-order valence-electron chi connectivity index (χ1n) is 7.41. The van der Waals surface area contributed by atoms with Crippen molar-refractivity contribution >= 4 is 17.7 Å². The molecule has 0 saturated heterocycles. The topological polar surface area (TPSA) is 69.7 Å². The summed E-state index contributed by atoms with van der Waals surface area (Å²) in [4.78, 5) is 36.8. The lowest BCUT2D eigenvalue weighted by molar-refractivity contribution is -0.172. The Labute approximate surface area is 133 Å². The summed E-state index contributed by atoms with van der Waals surface area (Å²) in [7, 11) is 2.42. The average molecular weight is 322 g/mol. The Balaban J connectivity index is 2.25. The number of benzene rings is 1. The molecule has 0 bridgehead atoms. The van der Waals surface area contributed by atoms with Crippen molar-refractivity contribution in [1.29, 1.82) is 0 Å². The molecule has 23 heavy (non-hydrogen) atoms. The van der Waals surface area contributed by atoms with Gasteiger partial charge >= 0.3 is 11.9 Å². The highest BCUT2D eigenvalue weighted by Crippen LogP contribution is 2.47. The molecule has 2 rings (SSSR count). The number of methoxy groups -OCH3 is 2. The Bertz CT molecular complexity index is 592. The molecular weight excluding hydrogens is 303 g/mol. The summed E-state index contributed by atoms with van der Waals surface area (Å²) in [6, 6.07) is 5.20. The van der Waals surface area contributed by atoms with Crippen LogP contribution < -0.4 is 0 Å². The van der Waals surface area contributed by atoms with Crippen molar-refractivity contribution < 1.29 is 28.2 Å². The minimum Gasteiger partial charge on any atom is -0.468 e. The Morgan fingerprint density at radius 2 is 1.70 bits per heavy atom. The molecule has 0 unspecified atom stereocenters. The van der Waals surface area contributed by atoms with E-state index in [1.165, 1.54) is 38.5 Å². The van der Waals surface area contributed by atoms with Gasteiger partial charge in [-0.25, -0.2) is 4.39 Å². The van der Waals surface area contributed by atoms with Crippen LogP contribution in [0.1, 0.15) is 36.0 Å². The largest absolute Gasteiger partial charge is 0.468 e. The molecule has 0 aromatic heterocycles. The molecule has 0 amide bonds. The Morgan fingerprint density at radius 1 is 1.13 bits per heavy atom. The number of halogens is 1. The van der Waals surface area contributed by atoms with Crippen LogP contribution in [-0.4, -0.2) is 31.9 Å².